The van der Waals surface area contributed by atoms with Gasteiger partial charge in [0.1, 0.15) is 47.5 Å². The van der Waals surface area contributed by atoms with Crippen LogP contribution in [0.4, 0.5) is 5.95 Å². The first-order valence-electron chi connectivity index (χ1n) is 12.3. The van der Waals surface area contributed by atoms with Gasteiger partial charge in [-0.3, -0.25) is 9.59 Å². The van der Waals surface area contributed by atoms with Gasteiger partial charge in [-0.1, -0.05) is 24.3 Å². The van der Waals surface area contributed by atoms with Crippen molar-refractivity contribution in [3.8, 4) is 29.2 Å². The number of fused-ring (bicyclic) bond motifs is 1. The van der Waals surface area contributed by atoms with E-state index in [0.29, 0.717) is 40.8 Å². The highest BCUT2D eigenvalue weighted by Crippen LogP contribution is 2.42. The molecule has 1 aromatic heterocycles. The van der Waals surface area contributed by atoms with E-state index >= 15 is 0 Å². The van der Waals surface area contributed by atoms with Crippen LogP contribution in [0.1, 0.15) is 24.2 Å². The van der Waals surface area contributed by atoms with Crippen molar-refractivity contribution in [1.29, 1.82) is 5.26 Å². The molecule has 3 atom stereocenters. The summed E-state index contributed by atoms with van der Waals surface area (Å²) < 4.78 is 12.3. The highest BCUT2D eigenvalue weighted by atomic mass is 16.5. The molecule has 3 unspecified atom stereocenters. The molecule has 0 radical (unpaired) electrons. The van der Waals surface area contributed by atoms with E-state index in [9.17, 15) is 14.9 Å². The minimum atomic E-state index is -0.697. The number of nitrogens with zero attached hydrogens (tertiary/aromatic N) is 5. The fourth-order valence-electron chi connectivity index (χ4n) is 4.87. The van der Waals surface area contributed by atoms with E-state index in [2.05, 4.69) is 9.97 Å². The maximum Gasteiger partial charge on any atom is 0.332 e. The molecule has 0 bridgehead atoms. The van der Waals surface area contributed by atoms with Crippen molar-refractivity contribution >= 4 is 17.8 Å². The second kappa shape index (κ2) is 9.95. The highest BCUT2D eigenvalue weighted by molar-refractivity contribution is 5.97. The Labute approximate surface area is 220 Å². The monoisotopic (exact) mass is 511 g/mol. The lowest BCUT2D eigenvalue weighted by molar-refractivity contribution is -0.129. The van der Waals surface area contributed by atoms with Gasteiger partial charge in [-0.25, -0.2) is 4.48 Å². The molecule has 5 rings (SSSR count). The van der Waals surface area contributed by atoms with E-state index in [0.717, 1.165) is 6.54 Å². The third-order valence-electron chi connectivity index (χ3n) is 6.95. The van der Waals surface area contributed by atoms with Gasteiger partial charge in [0.25, 0.3) is 11.8 Å². The first-order chi connectivity index (χ1) is 18.3. The number of carbonyl (C=O) groups is 2. The summed E-state index contributed by atoms with van der Waals surface area (Å²) in [6.07, 6.45) is 2.93. The Kier molecular flexibility index (Phi) is 6.53. The summed E-state index contributed by atoms with van der Waals surface area (Å²) in [6, 6.07) is 18.3. The molecule has 0 aliphatic carbocycles. The van der Waals surface area contributed by atoms with Crippen molar-refractivity contribution in [3.05, 3.63) is 78.0 Å². The summed E-state index contributed by atoms with van der Waals surface area (Å²) in [7, 11) is 0. The minimum absolute atomic E-state index is 0.0727. The molecule has 2 aromatic carbocycles. The maximum atomic E-state index is 12.8. The summed E-state index contributed by atoms with van der Waals surface area (Å²) >= 11 is 0. The van der Waals surface area contributed by atoms with E-state index in [-0.39, 0.29) is 35.0 Å². The minimum Gasteiger partial charge on any atom is -0.457 e. The second-order valence-electron chi connectivity index (χ2n) is 9.42. The highest BCUT2D eigenvalue weighted by Gasteiger charge is 2.64. The predicted octanol–water partition coefficient (Wildman–Crippen LogP) is 3.55. The van der Waals surface area contributed by atoms with E-state index in [4.69, 9.17) is 15.2 Å². The van der Waals surface area contributed by atoms with Gasteiger partial charge in [0.2, 0.25) is 5.88 Å². The molecule has 10 heteroatoms. The van der Waals surface area contributed by atoms with Crippen LogP contribution in [0.3, 0.4) is 0 Å². The average molecular weight is 512 g/mol. The van der Waals surface area contributed by atoms with E-state index in [1.807, 2.05) is 43.3 Å². The van der Waals surface area contributed by atoms with Crippen LogP contribution in [0, 0.1) is 11.3 Å². The van der Waals surface area contributed by atoms with Crippen LogP contribution in [0.25, 0.3) is 0 Å². The van der Waals surface area contributed by atoms with Gasteiger partial charge in [-0.15, -0.1) is 4.98 Å². The van der Waals surface area contributed by atoms with Crippen LogP contribution in [-0.4, -0.2) is 58.4 Å². The standard InChI is InChI=1S/C28H26N6O4/c1-3-19(13-29)27(36)33-15-20-17-34(20,16-18(33)2)28-31-14-24(25(30)35)26(32-28)38-23-11-9-22(10-12-23)37-21-7-5-4-6-8-21/h3-12,14,18,20H,15-17H2,1-2H3,(H-,30,35)/p+1. The Morgan fingerprint density at radius 1 is 1.08 bits per heavy atom. The van der Waals surface area contributed by atoms with Crippen LogP contribution in [0.15, 0.2) is 72.4 Å². The molecular formula is C28H27N6O4+. The molecule has 2 N–H and O–H groups in total. The first kappa shape index (κ1) is 24.9. The molecular weight excluding hydrogens is 484 g/mol. The van der Waals surface area contributed by atoms with Crippen LogP contribution in [0.5, 0.6) is 23.1 Å². The summed E-state index contributed by atoms with van der Waals surface area (Å²) in [5.74, 6) is 1.42. The predicted molar refractivity (Wildman–Crippen MR) is 139 cm³/mol. The number of para-hydroxylation sites is 1. The lowest BCUT2D eigenvalue weighted by Crippen LogP contribution is -2.55. The Hall–Kier alpha value is -4.75. The number of quaternary nitrogens is 1. The lowest BCUT2D eigenvalue weighted by atomic mass is 10.1. The van der Waals surface area contributed by atoms with Crippen molar-refractivity contribution in [3.63, 3.8) is 0 Å². The van der Waals surface area contributed by atoms with E-state index in [1.165, 1.54) is 12.3 Å². The third-order valence-corrected chi connectivity index (χ3v) is 6.95. The van der Waals surface area contributed by atoms with E-state index < -0.39 is 5.91 Å². The van der Waals surface area contributed by atoms with Gasteiger partial charge < -0.3 is 20.1 Å². The zero-order chi connectivity index (χ0) is 26.9. The van der Waals surface area contributed by atoms with Crippen LogP contribution in [0.2, 0.25) is 0 Å². The van der Waals surface area contributed by atoms with Crippen molar-refractivity contribution in [2.75, 3.05) is 19.6 Å². The number of hydrogen-bond donors (Lipinski definition) is 1. The van der Waals surface area contributed by atoms with Crippen molar-refractivity contribution < 1.29 is 19.1 Å². The summed E-state index contributed by atoms with van der Waals surface area (Å²) in [5.41, 5.74) is 5.79. The molecule has 2 fully saturated rings. The average Bonchev–Trinajstić information content (AvgIpc) is 3.64. The number of nitrogens with two attached hydrogens (primary N) is 1. The van der Waals surface area contributed by atoms with Crippen LogP contribution < -0.4 is 19.7 Å². The third kappa shape index (κ3) is 4.67. The van der Waals surface area contributed by atoms with Gasteiger partial charge in [0.15, 0.2) is 6.04 Å². The molecule has 192 valence electrons. The fraction of sp³-hybridized carbons (Fsp3) is 0.250. The number of carbonyl (C=O) groups excluding carboxylic acids is 2. The molecule has 10 nitrogen and oxygen atoms in total. The number of piperazine rings is 1. The van der Waals surface area contributed by atoms with Gasteiger partial charge in [0, 0.05) is 0 Å². The Balaban J connectivity index is 1.35. The van der Waals surface area contributed by atoms with Crippen LogP contribution in [-0.2, 0) is 4.79 Å². The molecule has 3 heterocycles. The molecule has 2 saturated heterocycles. The number of benzene rings is 2. The largest absolute Gasteiger partial charge is 0.457 e. The van der Waals surface area contributed by atoms with Gasteiger partial charge in [-0.2, -0.15) is 10.2 Å². The number of nitriles is 1. The molecule has 38 heavy (non-hydrogen) atoms. The Morgan fingerprint density at radius 2 is 1.74 bits per heavy atom. The van der Waals surface area contributed by atoms with Crippen molar-refractivity contribution in [2.24, 2.45) is 5.73 Å². The molecule has 0 saturated carbocycles. The molecule has 2 aliphatic rings. The number of ether oxygens (including phenoxy) is 2. The van der Waals surface area contributed by atoms with Gasteiger partial charge in [-0.05, 0) is 50.2 Å². The van der Waals surface area contributed by atoms with Crippen LogP contribution >= 0.6 is 0 Å². The Morgan fingerprint density at radius 3 is 2.37 bits per heavy atom. The summed E-state index contributed by atoms with van der Waals surface area (Å²) in [4.78, 5) is 35.7. The number of allylic oxidation sites excluding steroid dienone is 1. The van der Waals surface area contributed by atoms with Crippen molar-refractivity contribution in [2.45, 2.75) is 25.9 Å². The number of amides is 2. The number of aromatic nitrogens is 2. The molecule has 2 aliphatic heterocycles. The van der Waals surface area contributed by atoms with Gasteiger partial charge >= 0.3 is 5.95 Å². The number of primary amides is 1. The SMILES string of the molecule is CC=C(C#N)C(=O)N1CC2C[N+]2(c2ncc(C(N)=O)c(Oc3ccc(Oc4ccccc4)cc3)n2)CC1C. The normalized spacial score (nSPS) is 22.1. The zero-order valence-corrected chi connectivity index (χ0v) is 21.1. The first-order valence-corrected chi connectivity index (χ1v) is 12.3. The summed E-state index contributed by atoms with van der Waals surface area (Å²) in [6.45, 7) is 5.44. The Bertz CT molecular complexity index is 1450. The van der Waals surface area contributed by atoms with Gasteiger partial charge in [0.05, 0.1) is 18.8 Å². The topological polar surface area (TPSA) is 131 Å². The maximum absolute atomic E-state index is 12.8. The van der Waals surface area contributed by atoms with E-state index in [1.54, 1.807) is 36.1 Å². The molecule has 2 amide bonds. The fourth-order valence-corrected chi connectivity index (χ4v) is 4.87. The number of hydrogen-bond acceptors (Lipinski definition) is 7. The second-order valence-corrected chi connectivity index (χ2v) is 9.42. The smallest absolute Gasteiger partial charge is 0.332 e. The molecule has 3 aromatic rings. The number of rotatable bonds is 7. The lowest BCUT2D eigenvalue weighted by Gasteiger charge is -2.35. The molecule has 0 spiro atoms. The quantitative estimate of drug-likeness (QED) is 0.222. The zero-order valence-electron chi connectivity index (χ0n) is 21.1. The summed E-state index contributed by atoms with van der Waals surface area (Å²) in [5, 5.41) is 9.27. The van der Waals surface area contributed by atoms with Crippen molar-refractivity contribution in [1.82, 2.24) is 19.4 Å².